The molecule has 0 spiro atoms. The van der Waals surface area contributed by atoms with Gasteiger partial charge >= 0.3 is 0 Å². The van der Waals surface area contributed by atoms with Crippen LogP contribution in [0, 0.1) is 6.92 Å². The Labute approximate surface area is 166 Å². The first-order valence-corrected chi connectivity index (χ1v) is 10.2. The Balaban J connectivity index is 1.55. The molecule has 2 aromatic rings. The lowest BCUT2D eigenvalue weighted by atomic mass is 10.0. The molecule has 0 radical (unpaired) electrons. The Morgan fingerprint density at radius 3 is 2.81 bits per heavy atom. The summed E-state index contributed by atoms with van der Waals surface area (Å²) in [6.07, 6.45) is 4.86. The summed E-state index contributed by atoms with van der Waals surface area (Å²) in [7, 11) is 0. The smallest absolute Gasteiger partial charge is 0.273 e. The minimum absolute atomic E-state index is 0.156. The highest BCUT2D eigenvalue weighted by Crippen LogP contribution is 2.30. The Morgan fingerprint density at radius 1 is 1.22 bits per heavy atom. The third kappa shape index (κ3) is 3.75. The first-order valence-electron chi connectivity index (χ1n) is 8.98. The van der Waals surface area contributed by atoms with Crippen molar-refractivity contribution in [3.8, 4) is 0 Å². The molecule has 6 nitrogen and oxygen atoms in total. The summed E-state index contributed by atoms with van der Waals surface area (Å²) in [5.41, 5.74) is 2.89. The van der Waals surface area contributed by atoms with Gasteiger partial charge in [0.2, 0.25) is 5.91 Å². The quantitative estimate of drug-likeness (QED) is 0.839. The van der Waals surface area contributed by atoms with Crippen LogP contribution in [0.2, 0.25) is 5.02 Å². The van der Waals surface area contributed by atoms with E-state index in [1.54, 1.807) is 12.1 Å². The highest BCUT2D eigenvalue weighted by Gasteiger charge is 2.27. The number of carbonyl (C=O) groups excluding carboxylic acids is 2. The number of aromatic nitrogens is 1. The van der Waals surface area contributed by atoms with E-state index in [4.69, 9.17) is 11.6 Å². The van der Waals surface area contributed by atoms with E-state index in [2.05, 4.69) is 15.4 Å². The first-order chi connectivity index (χ1) is 13.0. The van der Waals surface area contributed by atoms with Crippen LogP contribution in [0.3, 0.4) is 0 Å². The maximum absolute atomic E-state index is 12.6. The molecule has 8 heteroatoms. The lowest BCUT2D eigenvalue weighted by Gasteiger charge is -2.23. The number of rotatable bonds is 3. The predicted molar refractivity (Wildman–Crippen MR) is 108 cm³/mol. The minimum atomic E-state index is -0.309. The zero-order valence-electron chi connectivity index (χ0n) is 14.9. The fourth-order valence-electron chi connectivity index (χ4n) is 3.21. The van der Waals surface area contributed by atoms with Crippen LogP contribution in [0.4, 0.5) is 10.8 Å². The largest absolute Gasteiger partial charge is 0.297 e. The van der Waals surface area contributed by atoms with Gasteiger partial charge in [0, 0.05) is 22.7 Å². The number of anilines is 2. The molecule has 1 aromatic heterocycles. The molecule has 0 bridgehead atoms. The van der Waals surface area contributed by atoms with Gasteiger partial charge in [-0.05, 0) is 50.3 Å². The lowest BCUT2D eigenvalue weighted by molar-refractivity contribution is -0.118. The molecule has 27 heavy (non-hydrogen) atoms. The van der Waals surface area contributed by atoms with Crippen molar-refractivity contribution in [2.45, 2.75) is 45.4 Å². The van der Waals surface area contributed by atoms with Gasteiger partial charge in [-0.2, -0.15) is 5.10 Å². The summed E-state index contributed by atoms with van der Waals surface area (Å²) in [5.74, 6) is -0.465. The van der Waals surface area contributed by atoms with Crippen LogP contribution >= 0.6 is 22.9 Å². The number of hydrazone groups is 1. The Hall–Kier alpha value is -2.25. The van der Waals surface area contributed by atoms with Gasteiger partial charge in [-0.15, -0.1) is 11.3 Å². The van der Waals surface area contributed by atoms with E-state index in [9.17, 15) is 9.59 Å². The second kappa shape index (κ2) is 7.40. The van der Waals surface area contributed by atoms with Gasteiger partial charge in [0.1, 0.15) is 5.71 Å². The van der Waals surface area contributed by atoms with E-state index in [1.165, 1.54) is 27.6 Å². The van der Waals surface area contributed by atoms with Gasteiger partial charge in [-0.25, -0.2) is 9.99 Å². The van der Waals surface area contributed by atoms with E-state index in [0.29, 0.717) is 28.0 Å². The Kier molecular flexibility index (Phi) is 4.97. The van der Waals surface area contributed by atoms with Crippen molar-refractivity contribution in [2.24, 2.45) is 5.10 Å². The molecule has 0 unspecified atom stereocenters. The number of benzene rings is 1. The van der Waals surface area contributed by atoms with Gasteiger partial charge < -0.3 is 0 Å². The van der Waals surface area contributed by atoms with E-state index in [1.807, 2.05) is 13.0 Å². The molecule has 0 atom stereocenters. The normalized spacial score (nSPS) is 16.7. The number of nitrogens with zero attached hydrogens (tertiary/aromatic N) is 3. The number of nitrogens with one attached hydrogen (secondary N) is 1. The van der Waals surface area contributed by atoms with Gasteiger partial charge in [-0.1, -0.05) is 17.7 Å². The summed E-state index contributed by atoms with van der Waals surface area (Å²) in [5, 5.41) is 9.56. The van der Waals surface area contributed by atoms with Crippen LogP contribution in [0.25, 0.3) is 0 Å². The maximum atomic E-state index is 12.6. The summed E-state index contributed by atoms with van der Waals surface area (Å²) in [6, 6.07) is 5.29. The van der Waals surface area contributed by atoms with Gasteiger partial charge in [0.05, 0.1) is 11.4 Å². The third-order valence-corrected chi connectivity index (χ3v) is 6.24. The average molecular weight is 403 g/mol. The monoisotopic (exact) mass is 402 g/mol. The zero-order valence-corrected chi connectivity index (χ0v) is 16.5. The molecule has 4 rings (SSSR count). The number of carbonyl (C=O) groups is 2. The molecule has 2 heterocycles. The third-order valence-electron chi connectivity index (χ3n) is 4.76. The molecule has 0 saturated heterocycles. The van der Waals surface area contributed by atoms with Crippen LogP contribution < -0.4 is 10.3 Å². The SMILES string of the molecule is Cc1ccc(N2N=C(C(=O)Nc3nc4c(s3)CCCC4)CCC2=O)cc1Cl. The summed E-state index contributed by atoms with van der Waals surface area (Å²) in [6.45, 7) is 1.89. The van der Waals surface area contributed by atoms with Crippen LogP contribution in [-0.2, 0) is 22.4 Å². The Morgan fingerprint density at radius 2 is 2.04 bits per heavy atom. The minimum Gasteiger partial charge on any atom is -0.297 e. The number of fused-ring (bicyclic) bond motifs is 1. The molecule has 1 aliphatic heterocycles. The van der Waals surface area contributed by atoms with Crippen LogP contribution in [-0.4, -0.2) is 22.5 Å². The molecule has 2 aliphatic rings. The number of aryl methyl sites for hydroxylation is 3. The molecule has 0 saturated carbocycles. The molecular formula is C19H19ClN4O2S. The molecule has 140 valence electrons. The van der Waals surface area contributed by atoms with Crippen molar-refractivity contribution >= 4 is 51.3 Å². The second-order valence-corrected chi connectivity index (χ2v) is 8.23. The number of amides is 2. The highest BCUT2D eigenvalue weighted by molar-refractivity contribution is 7.16. The summed E-state index contributed by atoms with van der Waals surface area (Å²) < 4.78 is 0. The molecule has 1 aromatic carbocycles. The number of hydrogen-bond acceptors (Lipinski definition) is 5. The maximum Gasteiger partial charge on any atom is 0.273 e. The molecule has 0 fully saturated rings. The van der Waals surface area contributed by atoms with Crippen LogP contribution in [0.5, 0.6) is 0 Å². The van der Waals surface area contributed by atoms with Crippen molar-refractivity contribution in [1.29, 1.82) is 0 Å². The predicted octanol–water partition coefficient (Wildman–Crippen LogP) is 4.11. The van der Waals surface area contributed by atoms with E-state index < -0.39 is 0 Å². The summed E-state index contributed by atoms with van der Waals surface area (Å²) in [4.78, 5) is 30.7. The van der Waals surface area contributed by atoms with Crippen molar-refractivity contribution in [3.05, 3.63) is 39.4 Å². The number of thiazole rings is 1. The van der Waals surface area contributed by atoms with Crippen LogP contribution in [0.1, 0.15) is 41.8 Å². The van der Waals surface area contributed by atoms with Crippen molar-refractivity contribution in [3.63, 3.8) is 0 Å². The topological polar surface area (TPSA) is 74.7 Å². The standard InChI is InChI=1S/C19H19ClN4O2S/c1-11-6-7-12(10-13(11)20)24-17(25)9-8-15(23-24)18(26)22-19-21-14-4-2-3-5-16(14)27-19/h6-7,10H,2-5,8-9H2,1H3,(H,21,22,26). The molecule has 1 aliphatic carbocycles. The Bertz CT molecular complexity index is 930. The fraction of sp³-hybridized carbons (Fsp3) is 0.368. The van der Waals surface area contributed by atoms with E-state index in [-0.39, 0.29) is 18.2 Å². The number of hydrogen-bond donors (Lipinski definition) is 1. The van der Waals surface area contributed by atoms with Gasteiger partial charge in [0.15, 0.2) is 5.13 Å². The molecular weight excluding hydrogens is 384 g/mol. The average Bonchev–Trinajstić information content (AvgIpc) is 3.06. The first kappa shape index (κ1) is 18.1. The number of halogens is 1. The summed E-state index contributed by atoms with van der Waals surface area (Å²) >= 11 is 7.70. The second-order valence-electron chi connectivity index (χ2n) is 6.74. The molecule has 1 N–H and O–H groups in total. The van der Waals surface area contributed by atoms with Gasteiger partial charge in [-0.3, -0.25) is 14.9 Å². The van der Waals surface area contributed by atoms with Crippen LogP contribution in [0.15, 0.2) is 23.3 Å². The van der Waals surface area contributed by atoms with Crippen molar-refractivity contribution in [1.82, 2.24) is 4.98 Å². The molecule has 2 amide bonds. The van der Waals surface area contributed by atoms with E-state index >= 15 is 0 Å². The fourth-order valence-corrected chi connectivity index (χ4v) is 4.43. The van der Waals surface area contributed by atoms with Crippen molar-refractivity contribution < 1.29 is 9.59 Å². The highest BCUT2D eigenvalue weighted by atomic mass is 35.5. The van der Waals surface area contributed by atoms with Crippen molar-refractivity contribution in [2.75, 3.05) is 10.3 Å². The van der Waals surface area contributed by atoms with Gasteiger partial charge in [0.25, 0.3) is 5.91 Å². The lowest BCUT2D eigenvalue weighted by Crippen LogP contribution is -2.36. The zero-order chi connectivity index (χ0) is 19.0. The van der Waals surface area contributed by atoms with E-state index in [0.717, 1.165) is 30.5 Å².